The number of rotatable bonds is 4. The summed E-state index contributed by atoms with van der Waals surface area (Å²) in [5.74, 6) is 1.19. The zero-order valence-electron chi connectivity index (χ0n) is 12.0. The Morgan fingerprint density at radius 3 is 2.90 bits per heavy atom. The first kappa shape index (κ1) is 15.1. The van der Waals surface area contributed by atoms with Crippen LogP contribution in [0.15, 0.2) is 12.3 Å². The fourth-order valence-electron chi connectivity index (χ4n) is 2.64. The lowest BCUT2D eigenvalue weighted by molar-refractivity contribution is 0.566. The Morgan fingerprint density at radius 1 is 1.48 bits per heavy atom. The van der Waals surface area contributed by atoms with Gasteiger partial charge in [-0.1, -0.05) is 11.6 Å². The Balaban J connectivity index is 1.76. The summed E-state index contributed by atoms with van der Waals surface area (Å²) in [6, 6.07) is 2.55. The lowest BCUT2D eigenvalue weighted by atomic mass is 10.2. The van der Waals surface area contributed by atoms with E-state index in [9.17, 15) is 8.42 Å². The maximum Gasteiger partial charge on any atom is 0.154 e. The van der Waals surface area contributed by atoms with Crippen LogP contribution < -0.4 is 10.2 Å². The second-order valence-electron chi connectivity index (χ2n) is 5.95. The molecule has 1 aliphatic carbocycles. The molecule has 1 aromatic heterocycles. The fraction of sp³-hybridized carbons (Fsp3) is 0.643. The van der Waals surface area contributed by atoms with Gasteiger partial charge in [-0.25, -0.2) is 13.4 Å². The minimum atomic E-state index is -2.91. The molecule has 1 saturated carbocycles. The second kappa shape index (κ2) is 5.74. The molecule has 21 heavy (non-hydrogen) atoms. The smallest absolute Gasteiger partial charge is 0.154 e. The van der Waals surface area contributed by atoms with Crippen LogP contribution in [0.2, 0.25) is 5.02 Å². The monoisotopic (exact) mass is 329 g/mol. The van der Waals surface area contributed by atoms with E-state index in [4.69, 9.17) is 11.6 Å². The molecule has 3 rings (SSSR count). The van der Waals surface area contributed by atoms with Gasteiger partial charge in [0.25, 0.3) is 0 Å². The zero-order valence-corrected chi connectivity index (χ0v) is 13.6. The van der Waals surface area contributed by atoms with Gasteiger partial charge in [-0.15, -0.1) is 0 Å². The molecule has 2 aliphatic rings. The summed E-state index contributed by atoms with van der Waals surface area (Å²) in [5.41, 5.74) is 1.02. The number of sulfone groups is 1. The Hall–Kier alpha value is -0.850. The molecule has 1 unspecified atom stereocenters. The molecule has 0 aromatic carbocycles. The third-order valence-electron chi connectivity index (χ3n) is 4.04. The first-order valence-electron chi connectivity index (χ1n) is 7.29. The standard InChI is InChI=1S/C14H20ClN3O2S/c1-10-9-21(19,20)5-4-18(10)14-6-11(13(15)8-17-14)7-16-12-2-3-12/h6,8,10,12,16H,2-5,7,9H2,1H3. The Kier molecular flexibility index (Phi) is 4.12. The van der Waals surface area contributed by atoms with E-state index in [1.165, 1.54) is 12.8 Å². The summed E-state index contributed by atoms with van der Waals surface area (Å²) in [4.78, 5) is 6.43. The highest BCUT2D eigenvalue weighted by molar-refractivity contribution is 7.91. The van der Waals surface area contributed by atoms with Crippen molar-refractivity contribution in [1.29, 1.82) is 0 Å². The summed E-state index contributed by atoms with van der Waals surface area (Å²) in [7, 11) is -2.91. The summed E-state index contributed by atoms with van der Waals surface area (Å²) in [6.45, 7) is 3.16. The van der Waals surface area contributed by atoms with E-state index in [-0.39, 0.29) is 17.5 Å². The van der Waals surface area contributed by atoms with E-state index in [0.717, 1.165) is 17.9 Å². The number of hydrogen-bond donors (Lipinski definition) is 1. The van der Waals surface area contributed by atoms with Crippen LogP contribution in [0.4, 0.5) is 5.82 Å². The molecule has 5 nitrogen and oxygen atoms in total. The quantitative estimate of drug-likeness (QED) is 0.909. The number of hydrogen-bond acceptors (Lipinski definition) is 5. The van der Waals surface area contributed by atoms with Gasteiger partial charge in [-0.05, 0) is 31.4 Å². The normalized spacial score (nSPS) is 25.0. The van der Waals surface area contributed by atoms with Gasteiger partial charge in [0.1, 0.15) is 5.82 Å². The highest BCUT2D eigenvalue weighted by Gasteiger charge is 2.29. The maximum absolute atomic E-state index is 11.7. The molecule has 0 radical (unpaired) electrons. The van der Waals surface area contributed by atoms with Crippen molar-refractivity contribution in [2.24, 2.45) is 0 Å². The molecule has 1 N–H and O–H groups in total. The van der Waals surface area contributed by atoms with Crippen LogP contribution in [0, 0.1) is 0 Å². The fourth-order valence-corrected chi connectivity index (χ4v) is 4.37. The highest BCUT2D eigenvalue weighted by Crippen LogP contribution is 2.25. The van der Waals surface area contributed by atoms with E-state index >= 15 is 0 Å². The van der Waals surface area contributed by atoms with Gasteiger partial charge in [-0.3, -0.25) is 0 Å². The van der Waals surface area contributed by atoms with Crippen LogP contribution in [-0.2, 0) is 16.4 Å². The lowest BCUT2D eigenvalue weighted by Gasteiger charge is -2.34. The Bertz CT molecular complexity index is 631. The average molecular weight is 330 g/mol. The van der Waals surface area contributed by atoms with E-state index < -0.39 is 9.84 Å². The van der Waals surface area contributed by atoms with Crippen molar-refractivity contribution in [3.8, 4) is 0 Å². The molecule has 1 aromatic rings. The molecular formula is C14H20ClN3O2S. The maximum atomic E-state index is 11.7. The molecule has 1 aliphatic heterocycles. The van der Waals surface area contributed by atoms with Crippen molar-refractivity contribution >= 4 is 27.3 Å². The number of nitrogens with one attached hydrogen (secondary N) is 1. The number of pyridine rings is 1. The second-order valence-corrected chi connectivity index (χ2v) is 8.58. The molecule has 1 atom stereocenters. The van der Waals surface area contributed by atoms with Crippen molar-refractivity contribution in [2.45, 2.75) is 38.4 Å². The summed E-state index contributed by atoms with van der Waals surface area (Å²) in [6.07, 6.45) is 4.13. The third-order valence-corrected chi connectivity index (χ3v) is 6.18. The molecule has 2 fully saturated rings. The largest absolute Gasteiger partial charge is 0.352 e. The molecule has 0 bridgehead atoms. The van der Waals surface area contributed by atoms with E-state index in [2.05, 4.69) is 15.2 Å². The van der Waals surface area contributed by atoms with Crippen LogP contribution in [0.1, 0.15) is 25.3 Å². The van der Waals surface area contributed by atoms with Gasteiger partial charge < -0.3 is 10.2 Å². The van der Waals surface area contributed by atoms with Crippen molar-refractivity contribution < 1.29 is 8.42 Å². The number of halogens is 1. The molecule has 0 amide bonds. The van der Waals surface area contributed by atoms with Crippen molar-refractivity contribution in [3.63, 3.8) is 0 Å². The molecular weight excluding hydrogens is 310 g/mol. The van der Waals surface area contributed by atoms with Crippen molar-refractivity contribution in [3.05, 3.63) is 22.8 Å². The third kappa shape index (κ3) is 3.67. The van der Waals surface area contributed by atoms with Gasteiger partial charge >= 0.3 is 0 Å². The predicted molar refractivity (Wildman–Crippen MR) is 84.6 cm³/mol. The van der Waals surface area contributed by atoms with Crippen LogP contribution in [-0.4, -0.2) is 43.5 Å². The van der Waals surface area contributed by atoms with Gasteiger partial charge in [0.15, 0.2) is 9.84 Å². The van der Waals surface area contributed by atoms with Crippen LogP contribution >= 0.6 is 11.6 Å². The molecule has 2 heterocycles. The first-order valence-corrected chi connectivity index (χ1v) is 9.49. The van der Waals surface area contributed by atoms with E-state index in [1.54, 1.807) is 6.20 Å². The Morgan fingerprint density at radius 2 is 2.24 bits per heavy atom. The number of aromatic nitrogens is 1. The summed E-state index contributed by atoms with van der Waals surface area (Å²) < 4.78 is 23.3. The van der Waals surface area contributed by atoms with Crippen LogP contribution in [0.5, 0.6) is 0 Å². The summed E-state index contributed by atoms with van der Waals surface area (Å²) in [5, 5.41) is 4.10. The SMILES string of the molecule is CC1CS(=O)(=O)CCN1c1cc(CNC2CC2)c(Cl)cn1. The molecule has 116 valence electrons. The van der Waals surface area contributed by atoms with E-state index in [0.29, 0.717) is 17.6 Å². The van der Waals surface area contributed by atoms with Gasteiger partial charge in [0.2, 0.25) is 0 Å². The first-order chi connectivity index (χ1) is 9.94. The lowest BCUT2D eigenvalue weighted by Crippen LogP contribution is -2.47. The van der Waals surface area contributed by atoms with Crippen molar-refractivity contribution in [2.75, 3.05) is 23.0 Å². The highest BCUT2D eigenvalue weighted by atomic mass is 35.5. The number of nitrogens with zero attached hydrogens (tertiary/aromatic N) is 2. The van der Waals surface area contributed by atoms with Gasteiger partial charge in [-0.2, -0.15) is 0 Å². The topological polar surface area (TPSA) is 62.3 Å². The van der Waals surface area contributed by atoms with Crippen LogP contribution in [0.25, 0.3) is 0 Å². The van der Waals surface area contributed by atoms with Gasteiger partial charge in [0, 0.05) is 31.4 Å². The van der Waals surface area contributed by atoms with Crippen LogP contribution in [0.3, 0.4) is 0 Å². The van der Waals surface area contributed by atoms with Crippen molar-refractivity contribution in [1.82, 2.24) is 10.3 Å². The molecule has 7 heteroatoms. The minimum absolute atomic E-state index is 0.0540. The molecule has 0 spiro atoms. The Labute approximate surface area is 130 Å². The average Bonchev–Trinajstić information content (AvgIpc) is 3.21. The minimum Gasteiger partial charge on any atom is -0.352 e. The summed E-state index contributed by atoms with van der Waals surface area (Å²) >= 11 is 6.20. The predicted octanol–water partition coefficient (Wildman–Crippen LogP) is 1.61. The number of anilines is 1. The zero-order chi connectivity index (χ0) is 15.0. The van der Waals surface area contributed by atoms with Gasteiger partial charge in [0.05, 0.1) is 16.5 Å². The van der Waals surface area contributed by atoms with E-state index in [1.807, 2.05) is 13.0 Å². The molecule has 1 saturated heterocycles.